The number of nitrogens with one attached hydrogen (secondary N) is 2. The van der Waals surface area contributed by atoms with E-state index >= 15 is 0 Å². The first-order chi connectivity index (χ1) is 13.5. The summed E-state index contributed by atoms with van der Waals surface area (Å²) in [6.45, 7) is -0.345. The van der Waals surface area contributed by atoms with Gasteiger partial charge in [0.15, 0.2) is 0 Å². The molecule has 1 aromatic heterocycles. The number of carbonyl (C=O) groups excluding carboxylic acids is 2. The van der Waals surface area contributed by atoms with E-state index in [0.29, 0.717) is 12.8 Å². The third-order valence-corrected chi connectivity index (χ3v) is 3.84. The smallest absolute Gasteiger partial charge is 0.407 e. The second-order valence-corrected chi connectivity index (χ2v) is 6.06. The number of alkyl carbamates (subject to hydrolysis) is 1. The van der Waals surface area contributed by atoms with E-state index in [4.69, 9.17) is 9.84 Å². The quantitative estimate of drug-likeness (QED) is 0.534. The summed E-state index contributed by atoms with van der Waals surface area (Å²) in [5.74, 6) is -1.75. The molecule has 2 amide bonds. The summed E-state index contributed by atoms with van der Waals surface area (Å²) in [5.41, 5.74) is 1.73. The average molecular weight is 385 g/mol. The van der Waals surface area contributed by atoms with Gasteiger partial charge in [0.05, 0.1) is 6.61 Å². The van der Waals surface area contributed by atoms with Crippen molar-refractivity contribution in [3.63, 3.8) is 0 Å². The van der Waals surface area contributed by atoms with Gasteiger partial charge in [0.2, 0.25) is 5.91 Å². The second kappa shape index (κ2) is 11.3. The molecular weight excluding hydrogens is 362 g/mol. The van der Waals surface area contributed by atoms with Crippen LogP contribution in [0.4, 0.5) is 4.79 Å². The molecule has 0 saturated heterocycles. The SMILES string of the molecule is O=C(O)CNC(=O)[C@H](Cc1ccccc1)NC(=O)OCCCc1ccccn1. The minimum Gasteiger partial charge on any atom is -0.480 e. The van der Waals surface area contributed by atoms with Crippen molar-refractivity contribution in [1.29, 1.82) is 0 Å². The first kappa shape index (κ1) is 20.9. The number of carbonyl (C=O) groups is 3. The number of benzene rings is 1. The van der Waals surface area contributed by atoms with Crippen LogP contribution in [0.3, 0.4) is 0 Å². The fraction of sp³-hybridized carbons (Fsp3) is 0.300. The van der Waals surface area contributed by atoms with E-state index < -0.39 is 30.6 Å². The number of aromatic nitrogens is 1. The molecule has 28 heavy (non-hydrogen) atoms. The van der Waals surface area contributed by atoms with E-state index in [9.17, 15) is 14.4 Å². The highest BCUT2D eigenvalue weighted by molar-refractivity contribution is 5.88. The van der Waals surface area contributed by atoms with Gasteiger partial charge < -0.3 is 20.5 Å². The molecule has 0 radical (unpaired) electrons. The van der Waals surface area contributed by atoms with Crippen LogP contribution >= 0.6 is 0 Å². The predicted octanol–water partition coefficient (Wildman–Crippen LogP) is 1.55. The number of rotatable bonds is 10. The molecule has 3 N–H and O–H groups in total. The van der Waals surface area contributed by atoms with Crippen molar-refractivity contribution in [1.82, 2.24) is 15.6 Å². The van der Waals surface area contributed by atoms with Crippen molar-refractivity contribution in [2.75, 3.05) is 13.2 Å². The predicted molar refractivity (Wildman–Crippen MR) is 102 cm³/mol. The number of hydrogen-bond donors (Lipinski definition) is 3. The van der Waals surface area contributed by atoms with Gasteiger partial charge in [0, 0.05) is 18.3 Å². The largest absolute Gasteiger partial charge is 0.480 e. The lowest BCUT2D eigenvalue weighted by atomic mass is 10.1. The number of aryl methyl sites for hydroxylation is 1. The molecule has 1 atom stereocenters. The van der Waals surface area contributed by atoms with Crippen LogP contribution in [0, 0.1) is 0 Å². The molecule has 1 aromatic carbocycles. The Bertz CT molecular complexity index is 768. The van der Waals surface area contributed by atoms with Gasteiger partial charge in [-0.15, -0.1) is 0 Å². The van der Waals surface area contributed by atoms with Crippen LogP contribution in [-0.4, -0.2) is 47.3 Å². The van der Waals surface area contributed by atoms with Crippen molar-refractivity contribution in [3.05, 3.63) is 66.0 Å². The zero-order valence-corrected chi connectivity index (χ0v) is 15.3. The van der Waals surface area contributed by atoms with Gasteiger partial charge in [0.1, 0.15) is 12.6 Å². The molecule has 8 heteroatoms. The third-order valence-electron chi connectivity index (χ3n) is 3.84. The Kier molecular flexibility index (Phi) is 8.45. The molecule has 0 saturated carbocycles. The molecular formula is C20H23N3O5. The van der Waals surface area contributed by atoms with E-state index in [-0.39, 0.29) is 13.0 Å². The van der Waals surface area contributed by atoms with Crippen molar-refractivity contribution in [2.24, 2.45) is 0 Å². The Morgan fingerprint density at radius 2 is 1.82 bits per heavy atom. The number of amides is 2. The Morgan fingerprint density at radius 1 is 1.07 bits per heavy atom. The molecule has 2 rings (SSSR count). The Hall–Kier alpha value is -3.42. The maximum atomic E-state index is 12.2. The molecule has 0 aliphatic carbocycles. The Labute approximate surface area is 162 Å². The molecule has 0 unspecified atom stereocenters. The van der Waals surface area contributed by atoms with E-state index in [2.05, 4.69) is 15.6 Å². The van der Waals surface area contributed by atoms with Crippen molar-refractivity contribution in [3.8, 4) is 0 Å². The van der Waals surface area contributed by atoms with Crippen molar-refractivity contribution >= 4 is 18.0 Å². The molecule has 0 spiro atoms. The number of ether oxygens (including phenoxy) is 1. The number of aliphatic carboxylic acids is 1. The topological polar surface area (TPSA) is 118 Å². The number of hydrogen-bond acceptors (Lipinski definition) is 5. The molecule has 8 nitrogen and oxygen atoms in total. The van der Waals surface area contributed by atoms with Crippen LogP contribution in [0.25, 0.3) is 0 Å². The zero-order chi connectivity index (χ0) is 20.2. The highest BCUT2D eigenvalue weighted by Crippen LogP contribution is 2.04. The fourth-order valence-electron chi connectivity index (χ4n) is 2.49. The van der Waals surface area contributed by atoms with Gasteiger partial charge in [-0.25, -0.2) is 4.79 Å². The third kappa shape index (κ3) is 7.86. The fourth-order valence-corrected chi connectivity index (χ4v) is 2.49. The summed E-state index contributed by atoms with van der Waals surface area (Å²) in [6.07, 6.45) is 2.45. The summed E-state index contributed by atoms with van der Waals surface area (Å²) >= 11 is 0. The molecule has 0 aliphatic rings. The molecule has 1 heterocycles. The van der Waals surface area contributed by atoms with E-state index in [1.807, 2.05) is 48.5 Å². The van der Waals surface area contributed by atoms with Crippen LogP contribution in [0.5, 0.6) is 0 Å². The highest BCUT2D eigenvalue weighted by Gasteiger charge is 2.22. The lowest BCUT2D eigenvalue weighted by Gasteiger charge is -2.18. The summed E-state index contributed by atoms with van der Waals surface area (Å²) < 4.78 is 5.13. The number of carboxylic acids is 1. The van der Waals surface area contributed by atoms with Gasteiger partial charge >= 0.3 is 12.1 Å². The van der Waals surface area contributed by atoms with Gasteiger partial charge in [-0.3, -0.25) is 14.6 Å². The minimum atomic E-state index is -1.16. The number of carboxylic acid groups (broad SMARTS) is 1. The van der Waals surface area contributed by atoms with E-state index in [1.165, 1.54) is 0 Å². The van der Waals surface area contributed by atoms with Crippen LogP contribution in [0.1, 0.15) is 17.7 Å². The molecule has 148 valence electrons. The van der Waals surface area contributed by atoms with Crippen LogP contribution in [0.2, 0.25) is 0 Å². The Balaban J connectivity index is 1.84. The molecule has 0 bridgehead atoms. The van der Waals surface area contributed by atoms with E-state index in [1.54, 1.807) is 6.20 Å². The van der Waals surface area contributed by atoms with Gasteiger partial charge in [0.25, 0.3) is 0 Å². The maximum Gasteiger partial charge on any atom is 0.407 e. The number of pyridine rings is 1. The first-order valence-corrected chi connectivity index (χ1v) is 8.91. The maximum absolute atomic E-state index is 12.2. The standard InChI is InChI=1S/C20H23N3O5/c24-18(25)14-22-19(26)17(13-15-7-2-1-3-8-15)23-20(27)28-12-6-10-16-9-4-5-11-21-16/h1-5,7-9,11,17H,6,10,12-14H2,(H,22,26)(H,23,27)(H,24,25)/t17-/m0/s1. The molecule has 0 aliphatic heterocycles. The average Bonchev–Trinajstić information content (AvgIpc) is 2.70. The summed E-state index contributed by atoms with van der Waals surface area (Å²) in [7, 11) is 0. The van der Waals surface area contributed by atoms with E-state index in [0.717, 1.165) is 11.3 Å². The van der Waals surface area contributed by atoms with Gasteiger partial charge in [-0.05, 0) is 30.5 Å². The summed E-state index contributed by atoms with van der Waals surface area (Å²) in [5, 5.41) is 13.5. The second-order valence-electron chi connectivity index (χ2n) is 6.06. The summed E-state index contributed by atoms with van der Waals surface area (Å²) in [4.78, 5) is 39.2. The van der Waals surface area contributed by atoms with Crippen LogP contribution in [-0.2, 0) is 27.2 Å². The molecule has 2 aromatic rings. The monoisotopic (exact) mass is 385 g/mol. The first-order valence-electron chi connectivity index (χ1n) is 8.91. The Morgan fingerprint density at radius 3 is 2.50 bits per heavy atom. The number of nitrogens with zero attached hydrogens (tertiary/aromatic N) is 1. The summed E-state index contributed by atoms with van der Waals surface area (Å²) in [6, 6.07) is 13.8. The normalized spacial score (nSPS) is 11.3. The van der Waals surface area contributed by atoms with Crippen molar-refractivity contribution in [2.45, 2.75) is 25.3 Å². The van der Waals surface area contributed by atoms with Gasteiger partial charge in [-0.2, -0.15) is 0 Å². The lowest BCUT2D eigenvalue weighted by molar-refractivity contribution is -0.138. The molecule has 0 fully saturated rings. The highest BCUT2D eigenvalue weighted by atomic mass is 16.5. The van der Waals surface area contributed by atoms with Crippen molar-refractivity contribution < 1.29 is 24.2 Å². The minimum absolute atomic E-state index is 0.178. The lowest BCUT2D eigenvalue weighted by Crippen LogP contribution is -2.49. The zero-order valence-electron chi connectivity index (χ0n) is 15.3. The van der Waals surface area contributed by atoms with Gasteiger partial charge in [-0.1, -0.05) is 36.4 Å². The van der Waals surface area contributed by atoms with Crippen LogP contribution in [0.15, 0.2) is 54.7 Å². The van der Waals surface area contributed by atoms with Crippen LogP contribution < -0.4 is 10.6 Å².